The molecule has 1 aromatic heterocycles. The molecule has 0 radical (unpaired) electrons. The molecule has 3 rings (SSSR count). The molecule has 3 N–H and O–H groups in total. The van der Waals surface area contributed by atoms with Crippen LogP contribution in [-0.2, 0) is 14.8 Å². The molecular formula is C21H25N5O3S3. The molecule has 0 saturated heterocycles. The number of nitrogens with one attached hydrogen (secondary N) is 3. The van der Waals surface area contributed by atoms with E-state index in [1.807, 2.05) is 31.2 Å². The van der Waals surface area contributed by atoms with Crippen molar-refractivity contribution < 1.29 is 13.2 Å². The SMILES string of the molecule is Cc1ccc(Nc2nnc(SC(C)C(=O)Nc3ccc(S(=O)(=O)NC(C)C)cc3)s2)cc1. The Bertz CT molecular complexity index is 1160. The van der Waals surface area contributed by atoms with Gasteiger partial charge in [-0.15, -0.1) is 10.2 Å². The fraction of sp³-hybridized carbons (Fsp3) is 0.286. The maximum atomic E-state index is 12.6. The largest absolute Gasteiger partial charge is 0.330 e. The smallest absolute Gasteiger partial charge is 0.240 e. The van der Waals surface area contributed by atoms with Gasteiger partial charge in [-0.3, -0.25) is 4.79 Å². The molecule has 0 fully saturated rings. The Morgan fingerprint density at radius 1 is 0.969 bits per heavy atom. The van der Waals surface area contributed by atoms with Gasteiger partial charge in [0.15, 0.2) is 4.34 Å². The predicted molar refractivity (Wildman–Crippen MR) is 130 cm³/mol. The van der Waals surface area contributed by atoms with Crippen LogP contribution in [0.25, 0.3) is 0 Å². The first-order valence-electron chi connectivity index (χ1n) is 9.89. The van der Waals surface area contributed by atoms with Gasteiger partial charge in [0.25, 0.3) is 0 Å². The van der Waals surface area contributed by atoms with E-state index in [1.165, 1.54) is 40.8 Å². The number of rotatable bonds is 9. The first kappa shape index (κ1) is 24.2. The molecule has 1 atom stereocenters. The van der Waals surface area contributed by atoms with Crippen LogP contribution in [0.1, 0.15) is 26.3 Å². The first-order valence-corrected chi connectivity index (χ1v) is 13.1. The van der Waals surface area contributed by atoms with Crippen LogP contribution in [0.3, 0.4) is 0 Å². The van der Waals surface area contributed by atoms with Gasteiger partial charge < -0.3 is 10.6 Å². The van der Waals surface area contributed by atoms with Crippen molar-refractivity contribution in [3.05, 3.63) is 54.1 Å². The van der Waals surface area contributed by atoms with Crippen LogP contribution >= 0.6 is 23.1 Å². The molecule has 8 nitrogen and oxygen atoms in total. The summed E-state index contributed by atoms with van der Waals surface area (Å²) in [4.78, 5) is 12.7. The minimum absolute atomic E-state index is 0.147. The first-order chi connectivity index (χ1) is 15.1. The molecule has 0 saturated carbocycles. The summed E-state index contributed by atoms with van der Waals surface area (Å²) in [5, 5.41) is 14.5. The Kier molecular flexibility index (Phi) is 7.88. The lowest BCUT2D eigenvalue weighted by Gasteiger charge is -2.12. The summed E-state index contributed by atoms with van der Waals surface area (Å²) >= 11 is 2.68. The molecule has 0 aliphatic heterocycles. The number of hydrogen-bond acceptors (Lipinski definition) is 8. The standard InChI is InChI=1S/C21H25N5O3S3/c1-13(2)26-32(28,29)18-11-9-16(10-12-18)22-19(27)15(4)30-21-25-24-20(31-21)23-17-7-5-14(3)6-8-17/h5-13,15,26H,1-4H3,(H,22,27)(H,23,24). The average Bonchev–Trinajstić information content (AvgIpc) is 3.16. The molecule has 1 unspecified atom stereocenters. The van der Waals surface area contributed by atoms with Crippen molar-refractivity contribution in [1.29, 1.82) is 0 Å². The Morgan fingerprint density at radius 2 is 1.59 bits per heavy atom. The summed E-state index contributed by atoms with van der Waals surface area (Å²) < 4.78 is 27.6. The lowest BCUT2D eigenvalue weighted by molar-refractivity contribution is -0.115. The lowest BCUT2D eigenvalue weighted by atomic mass is 10.2. The average molecular weight is 492 g/mol. The number of carbonyl (C=O) groups excluding carboxylic acids is 1. The zero-order chi connectivity index (χ0) is 23.3. The van der Waals surface area contributed by atoms with Gasteiger partial charge >= 0.3 is 0 Å². The zero-order valence-corrected chi connectivity index (χ0v) is 20.6. The molecule has 32 heavy (non-hydrogen) atoms. The van der Waals surface area contributed by atoms with Crippen LogP contribution in [0.4, 0.5) is 16.5 Å². The number of hydrogen-bond donors (Lipinski definition) is 3. The molecule has 1 heterocycles. The topological polar surface area (TPSA) is 113 Å². The van der Waals surface area contributed by atoms with E-state index in [2.05, 4.69) is 25.6 Å². The third-order valence-corrected chi connectivity index (χ3v) is 7.88. The van der Waals surface area contributed by atoms with Crippen molar-refractivity contribution >= 4 is 55.5 Å². The highest BCUT2D eigenvalue weighted by Crippen LogP contribution is 2.31. The second-order valence-electron chi connectivity index (χ2n) is 7.41. The second-order valence-corrected chi connectivity index (χ2v) is 11.7. The maximum Gasteiger partial charge on any atom is 0.240 e. The molecule has 1 amide bonds. The van der Waals surface area contributed by atoms with Crippen LogP contribution in [0.5, 0.6) is 0 Å². The summed E-state index contributed by atoms with van der Waals surface area (Å²) in [6.45, 7) is 7.31. The quantitative estimate of drug-likeness (QED) is 0.380. The molecule has 3 aromatic rings. The lowest BCUT2D eigenvalue weighted by Crippen LogP contribution is -2.30. The summed E-state index contributed by atoms with van der Waals surface area (Å²) in [5.41, 5.74) is 2.61. The fourth-order valence-electron chi connectivity index (χ4n) is 2.61. The third kappa shape index (κ3) is 6.76. The van der Waals surface area contributed by atoms with Gasteiger partial charge in [0, 0.05) is 17.4 Å². The third-order valence-electron chi connectivity index (χ3n) is 4.18. The monoisotopic (exact) mass is 491 g/mol. The predicted octanol–water partition coefficient (Wildman–Crippen LogP) is 4.40. The van der Waals surface area contributed by atoms with E-state index in [4.69, 9.17) is 0 Å². The molecule has 0 spiro atoms. The Hall–Kier alpha value is -2.47. The second kappa shape index (κ2) is 10.4. The van der Waals surface area contributed by atoms with E-state index in [-0.39, 0.29) is 16.8 Å². The number of aryl methyl sites for hydroxylation is 1. The van der Waals surface area contributed by atoms with Gasteiger partial charge in [0.2, 0.25) is 21.1 Å². The molecular weight excluding hydrogens is 466 g/mol. The maximum absolute atomic E-state index is 12.6. The van der Waals surface area contributed by atoms with Crippen molar-refractivity contribution in [3.8, 4) is 0 Å². The van der Waals surface area contributed by atoms with Gasteiger partial charge in [0.1, 0.15) is 0 Å². The highest BCUT2D eigenvalue weighted by molar-refractivity contribution is 8.02. The van der Waals surface area contributed by atoms with Crippen molar-refractivity contribution in [1.82, 2.24) is 14.9 Å². The molecule has 0 aliphatic carbocycles. The normalized spacial score (nSPS) is 12.5. The van der Waals surface area contributed by atoms with Gasteiger partial charge in [0.05, 0.1) is 10.1 Å². The van der Waals surface area contributed by atoms with Gasteiger partial charge in [-0.25, -0.2) is 13.1 Å². The minimum Gasteiger partial charge on any atom is -0.330 e. The number of carbonyl (C=O) groups is 1. The van der Waals surface area contributed by atoms with E-state index >= 15 is 0 Å². The summed E-state index contributed by atoms with van der Waals surface area (Å²) in [5.74, 6) is -0.214. The number of amides is 1. The van der Waals surface area contributed by atoms with Gasteiger partial charge in [-0.05, 0) is 64.1 Å². The van der Waals surface area contributed by atoms with E-state index in [9.17, 15) is 13.2 Å². The highest BCUT2D eigenvalue weighted by atomic mass is 32.2. The van der Waals surface area contributed by atoms with Crippen molar-refractivity contribution in [2.24, 2.45) is 0 Å². The molecule has 11 heteroatoms. The van der Waals surface area contributed by atoms with Crippen LogP contribution < -0.4 is 15.4 Å². The van der Waals surface area contributed by atoms with Crippen molar-refractivity contribution in [3.63, 3.8) is 0 Å². The van der Waals surface area contributed by atoms with E-state index in [0.29, 0.717) is 15.2 Å². The number of anilines is 3. The molecule has 0 bridgehead atoms. The van der Waals surface area contributed by atoms with Crippen LogP contribution in [0.15, 0.2) is 57.8 Å². The van der Waals surface area contributed by atoms with E-state index < -0.39 is 15.3 Å². The van der Waals surface area contributed by atoms with E-state index in [0.717, 1.165) is 5.69 Å². The summed E-state index contributed by atoms with van der Waals surface area (Å²) in [6.07, 6.45) is 0. The van der Waals surface area contributed by atoms with Crippen molar-refractivity contribution in [2.75, 3.05) is 10.6 Å². The number of sulfonamides is 1. The number of thioether (sulfide) groups is 1. The number of benzene rings is 2. The minimum atomic E-state index is -3.57. The molecule has 0 aliphatic rings. The highest BCUT2D eigenvalue weighted by Gasteiger charge is 2.19. The van der Waals surface area contributed by atoms with Crippen LogP contribution in [0, 0.1) is 6.92 Å². The summed E-state index contributed by atoms with van der Waals surface area (Å²) in [7, 11) is -3.57. The van der Waals surface area contributed by atoms with E-state index in [1.54, 1.807) is 32.9 Å². The molecule has 2 aromatic carbocycles. The van der Waals surface area contributed by atoms with Crippen LogP contribution in [0.2, 0.25) is 0 Å². The number of nitrogens with zero attached hydrogens (tertiary/aromatic N) is 2. The summed E-state index contributed by atoms with van der Waals surface area (Å²) in [6, 6.07) is 13.8. The fourth-order valence-corrected chi connectivity index (χ4v) is 5.78. The van der Waals surface area contributed by atoms with Crippen LogP contribution in [-0.4, -0.2) is 35.8 Å². The number of aromatic nitrogens is 2. The Morgan fingerprint density at radius 3 is 2.22 bits per heavy atom. The Labute approximate surface area is 196 Å². The molecule has 170 valence electrons. The van der Waals surface area contributed by atoms with Gasteiger partial charge in [-0.2, -0.15) is 0 Å². The zero-order valence-electron chi connectivity index (χ0n) is 18.1. The van der Waals surface area contributed by atoms with Gasteiger partial charge in [-0.1, -0.05) is 40.8 Å². The van der Waals surface area contributed by atoms with Crippen molar-refractivity contribution in [2.45, 2.75) is 48.2 Å². The Balaban J connectivity index is 1.56.